The van der Waals surface area contributed by atoms with Crippen molar-refractivity contribution in [3.8, 4) is 0 Å². The highest BCUT2D eigenvalue weighted by molar-refractivity contribution is 7.88. The molecule has 2 aliphatic rings. The number of sulfonamides is 1. The van der Waals surface area contributed by atoms with Gasteiger partial charge in [-0.05, 0) is 24.5 Å². The summed E-state index contributed by atoms with van der Waals surface area (Å²) in [4.78, 5) is 6.53. The fourth-order valence-electron chi connectivity index (χ4n) is 3.55. The Kier molecular flexibility index (Phi) is 4.77. The molecule has 0 amide bonds. The summed E-state index contributed by atoms with van der Waals surface area (Å²) in [6, 6.07) is 4.16. The molecule has 0 saturated carbocycles. The summed E-state index contributed by atoms with van der Waals surface area (Å²) in [5.74, 6) is 0. The van der Waals surface area contributed by atoms with E-state index in [0.717, 1.165) is 38.3 Å². The zero-order valence-electron chi connectivity index (χ0n) is 12.9. The van der Waals surface area contributed by atoms with Crippen LogP contribution in [0.4, 0.5) is 0 Å². The maximum atomic E-state index is 12.1. The Hall–Kier alpha value is -1.02. The van der Waals surface area contributed by atoms with Crippen LogP contribution < -0.4 is 0 Å². The van der Waals surface area contributed by atoms with Crippen molar-refractivity contribution in [2.24, 2.45) is 0 Å². The highest BCUT2D eigenvalue weighted by Crippen LogP contribution is 2.28. The van der Waals surface area contributed by atoms with Gasteiger partial charge in [-0.25, -0.2) is 8.42 Å². The van der Waals surface area contributed by atoms with Gasteiger partial charge in [0, 0.05) is 44.1 Å². The molecule has 0 radical (unpaired) electrons. The van der Waals surface area contributed by atoms with Crippen LogP contribution in [0.2, 0.25) is 0 Å². The molecule has 2 saturated heterocycles. The molecule has 3 rings (SSSR count). The molecule has 2 atom stereocenters. The van der Waals surface area contributed by atoms with Gasteiger partial charge >= 0.3 is 0 Å². The number of nitrogens with zero attached hydrogens (tertiary/aromatic N) is 3. The van der Waals surface area contributed by atoms with Crippen LogP contribution in [0.5, 0.6) is 0 Å². The van der Waals surface area contributed by atoms with E-state index < -0.39 is 10.0 Å². The Morgan fingerprint density at radius 3 is 2.73 bits per heavy atom. The predicted molar refractivity (Wildman–Crippen MR) is 84.1 cm³/mol. The van der Waals surface area contributed by atoms with Crippen molar-refractivity contribution < 1.29 is 13.2 Å². The van der Waals surface area contributed by atoms with Crippen molar-refractivity contribution in [2.45, 2.75) is 24.9 Å². The fraction of sp³-hybridized carbons (Fsp3) is 0.667. The molecule has 0 aliphatic carbocycles. The Labute approximate surface area is 132 Å². The van der Waals surface area contributed by atoms with Crippen LogP contribution in [0, 0.1) is 0 Å². The number of hydrogen-bond donors (Lipinski definition) is 0. The van der Waals surface area contributed by atoms with Crippen LogP contribution >= 0.6 is 0 Å². The maximum Gasteiger partial charge on any atom is 0.211 e. The monoisotopic (exact) mass is 325 g/mol. The lowest BCUT2D eigenvalue weighted by atomic mass is 10.0. The molecular weight excluding hydrogens is 302 g/mol. The van der Waals surface area contributed by atoms with E-state index >= 15 is 0 Å². The molecule has 1 aromatic heterocycles. The number of aromatic nitrogens is 1. The Bertz CT molecular complexity index is 587. The van der Waals surface area contributed by atoms with E-state index in [1.807, 2.05) is 18.3 Å². The smallest absolute Gasteiger partial charge is 0.211 e. The third-order valence-corrected chi connectivity index (χ3v) is 5.87. The summed E-state index contributed by atoms with van der Waals surface area (Å²) < 4.78 is 31.3. The second-order valence-electron chi connectivity index (χ2n) is 6.01. The lowest BCUT2D eigenvalue weighted by Gasteiger charge is -2.37. The van der Waals surface area contributed by atoms with Crippen LogP contribution in [-0.2, 0) is 21.2 Å². The molecule has 0 spiro atoms. The Morgan fingerprint density at radius 1 is 1.32 bits per heavy atom. The molecule has 1 aromatic rings. The molecule has 22 heavy (non-hydrogen) atoms. The molecule has 122 valence electrons. The van der Waals surface area contributed by atoms with Crippen molar-refractivity contribution in [1.29, 1.82) is 0 Å². The lowest BCUT2D eigenvalue weighted by molar-refractivity contribution is 0.0116. The lowest BCUT2D eigenvalue weighted by Crippen LogP contribution is -2.51. The number of ether oxygens (including phenoxy) is 1. The van der Waals surface area contributed by atoms with E-state index in [2.05, 4.69) is 9.88 Å². The fourth-order valence-corrected chi connectivity index (χ4v) is 4.70. The second kappa shape index (κ2) is 6.62. The number of rotatable bonds is 4. The standard InChI is InChI=1S/C15H23N3O3S/c1-22(19,20)18-6-4-14(17-7-9-21-10-8-17)15(18)11-13-3-2-5-16-12-13/h2-3,5,12,14-15H,4,6-11H2,1H3/t14-,15+/m1/s1. The molecule has 0 N–H and O–H groups in total. The second-order valence-corrected chi connectivity index (χ2v) is 7.95. The van der Waals surface area contributed by atoms with Crippen molar-refractivity contribution in [2.75, 3.05) is 39.1 Å². The van der Waals surface area contributed by atoms with Crippen LogP contribution in [0.3, 0.4) is 0 Å². The summed E-state index contributed by atoms with van der Waals surface area (Å²) in [6.07, 6.45) is 6.48. The normalized spacial score (nSPS) is 28.0. The first-order valence-electron chi connectivity index (χ1n) is 7.73. The third kappa shape index (κ3) is 3.48. The van der Waals surface area contributed by atoms with Crippen molar-refractivity contribution in [1.82, 2.24) is 14.2 Å². The van der Waals surface area contributed by atoms with Gasteiger partial charge in [-0.3, -0.25) is 9.88 Å². The van der Waals surface area contributed by atoms with Crippen LogP contribution in [-0.4, -0.2) is 73.8 Å². The van der Waals surface area contributed by atoms with Gasteiger partial charge in [0.15, 0.2) is 0 Å². The maximum absolute atomic E-state index is 12.1. The number of morpholine rings is 1. The van der Waals surface area contributed by atoms with Gasteiger partial charge in [-0.2, -0.15) is 4.31 Å². The largest absolute Gasteiger partial charge is 0.379 e. The predicted octanol–water partition coefficient (Wildman–Crippen LogP) is 0.359. The average Bonchev–Trinajstić information content (AvgIpc) is 2.93. The minimum absolute atomic E-state index is 0.0164. The minimum Gasteiger partial charge on any atom is -0.379 e. The first-order chi connectivity index (χ1) is 10.6. The zero-order valence-corrected chi connectivity index (χ0v) is 13.7. The van der Waals surface area contributed by atoms with E-state index in [1.165, 1.54) is 6.26 Å². The van der Waals surface area contributed by atoms with E-state index in [4.69, 9.17) is 4.74 Å². The van der Waals surface area contributed by atoms with E-state index in [1.54, 1.807) is 10.5 Å². The van der Waals surface area contributed by atoms with Gasteiger partial charge in [0.1, 0.15) is 0 Å². The highest BCUT2D eigenvalue weighted by atomic mass is 32.2. The minimum atomic E-state index is -3.19. The highest BCUT2D eigenvalue weighted by Gasteiger charge is 2.42. The third-order valence-electron chi connectivity index (χ3n) is 4.57. The number of hydrogen-bond acceptors (Lipinski definition) is 5. The molecule has 2 aliphatic heterocycles. The van der Waals surface area contributed by atoms with Gasteiger partial charge in [0.2, 0.25) is 10.0 Å². The van der Waals surface area contributed by atoms with Gasteiger partial charge in [0.05, 0.1) is 19.5 Å². The van der Waals surface area contributed by atoms with Crippen LogP contribution in [0.25, 0.3) is 0 Å². The van der Waals surface area contributed by atoms with Crippen molar-refractivity contribution in [3.63, 3.8) is 0 Å². The molecule has 0 unspecified atom stereocenters. The average molecular weight is 325 g/mol. The first-order valence-corrected chi connectivity index (χ1v) is 9.58. The van der Waals surface area contributed by atoms with Gasteiger partial charge in [-0.1, -0.05) is 6.07 Å². The van der Waals surface area contributed by atoms with Crippen molar-refractivity contribution >= 4 is 10.0 Å². The Morgan fingerprint density at radius 2 is 2.09 bits per heavy atom. The molecular formula is C15H23N3O3S. The molecule has 2 fully saturated rings. The van der Waals surface area contributed by atoms with E-state index in [9.17, 15) is 8.42 Å². The quantitative estimate of drug-likeness (QED) is 0.800. The van der Waals surface area contributed by atoms with Crippen LogP contribution in [0.15, 0.2) is 24.5 Å². The molecule has 7 heteroatoms. The summed E-state index contributed by atoms with van der Waals surface area (Å²) in [7, 11) is -3.19. The van der Waals surface area contributed by atoms with E-state index in [0.29, 0.717) is 13.0 Å². The summed E-state index contributed by atoms with van der Waals surface area (Å²) in [6.45, 7) is 3.83. The molecule has 0 aromatic carbocycles. The van der Waals surface area contributed by atoms with Crippen LogP contribution in [0.1, 0.15) is 12.0 Å². The Balaban J connectivity index is 1.82. The molecule has 3 heterocycles. The zero-order chi connectivity index (χ0) is 15.6. The molecule has 6 nitrogen and oxygen atoms in total. The topological polar surface area (TPSA) is 62.7 Å². The van der Waals surface area contributed by atoms with Gasteiger partial charge in [-0.15, -0.1) is 0 Å². The van der Waals surface area contributed by atoms with E-state index in [-0.39, 0.29) is 12.1 Å². The summed E-state index contributed by atoms with van der Waals surface area (Å²) >= 11 is 0. The van der Waals surface area contributed by atoms with Gasteiger partial charge < -0.3 is 4.74 Å². The van der Waals surface area contributed by atoms with Gasteiger partial charge in [0.25, 0.3) is 0 Å². The summed E-state index contributed by atoms with van der Waals surface area (Å²) in [5, 5.41) is 0. The summed E-state index contributed by atoms with van der Waals surface area (Å²) in [5.41, 5.74) is 1.08. The van der Waals surface area contributed by atoms with Crippen molar-refractivity contribution in [3.05, 3.63) is 30.1 Å². The SMILES string of the molecule is CS(=O)(=O)N1CC[C@@H](N2CCOCC2)[C@@H]1Cc1cccnc1. The molecule has 0 bridgehead atoms. The number of pyridine rings is 1. The first kappa shape index (κ1) is 15.9.